The van der Waals surface area contributed by atoms with Gasteiger partial charge in [0.25, 0.3) is 5.56 Å². The number of rotatable bonds is 7. The van der Waals surface area contributed by atoms with Gasteiger partial charge < -0.3 is 10.1 Å². The lowest BCUT2D eigenvalue weighted by Gasteiger charge is -2.17. The maximum atomic E-state index is 13.5. The van der Waals surface area contributed by atoms with Gasteiger partial charge in [0.1, 0.15) is 5.75 Å². The van der Waals surface area contributed by atoms with Crippen LogP contribution in [-0.2, 0) is 11.3 Å². The molecule has 7 heteroatoms. The van der Waals surface area contributed by atoms with Gasteiger partial charge in [-0.1, -0.05) is 48.2 Å². The van der Waals surface area contributed by atoms with Gasteiger partial charge in [-0.3, -0.25) is 14.2 Å². The first-order valence-electron chi connectivity index (χ1n) is 11.0. The first-order chi connectivity index (χ1) is 16.4. The van der Waals surface area contributed by atoms with Gasteiger partial charge in [-0.2, -0.15) is 0 Å². The standard InChI is InChI=1S/C27H27N3O3S/c1-17-13-18(2)15-21(14-17)30-26(32)22-10-6-7-11-23(22)29-27(30)34-19(3)25(31)28-16-20-9-5-8-12-24(20)33-4/h5-15,19H,16H2,1-4H3,(H,28,31). The van der Waals surface area contributed by atoms with Crippen molar-refractivity contribution in [2.24, 2.45) is 0 Å². The molecule has 4 rings (SSSR count). The molecule has 1 N–H and O–H groups in total. The van der Waals surface area contributed by atoms with E-state index < -0.39 is 5.25 Å². The number of aromatic nitrogens is 2. The van der Waals surface area contributed by atoms with Crippen molar-refractivity contribution in [2.45, 2.75) is 37.7 Å². The van der Waals surface area contributed by atoms with Gasteiger partial charge in [0.15, 0.2) is 5.16 Å². The zero-order chi connectivity index (χ0) is 24.2. The van der Waals surface area contributed by atoms with Gasteiger partial charge in [-0.15, -0.1) is 0 Å². The van der Waals surface area contributed by atoms with Crippen LogP contribution in [0, 0.1) is 13.8 Å². The number of fused-ring (bicyclic) bond motifs is 1. The molecule has 3 aromatic carbocycles. The molecule has 1 aromatic heterocycles. The van der Waals surface area contributed by atoms with Crippen molar-refractivity contribution in [1.82, 2.24) is 14.9 Å². The molecule has 0 radical (unpaired) electrons. The SMILES string of the molecule is COc1ccccc1CNC(=O)C(C)Sc1nc2ccccc2c(=O)n1-c1cc(C)cc(C)c1. The zero-order valence-corrected chi connectivity index (χ0v) is 20.5. The summed E-state index contributed by atoms with van der Waals surface area (Å²) in [5.41, 5.74) is 4.19. The third-order valence-corrected chi connectivity index (χ3v) is 6.56. The molecule has 0 aliphatic heterocycles. The predicted molar refractivity (Wildman–Crippen MR) is 137 cm³/mol. The molecule has 1 unspecified atom stereocenters. The van der Waals surface area contributed by atoms with Crippen molar-refractivity contribution in [3.05, 3.63) is 93.8 Å². The minimum atomic E-state index is -0.472. The molecule has 4 aromatic rings. The average Bonchev–Trinajstić information content (AvgIpc) is 2.82. The fraction of sp³-hybridized carbons (Fsp3) is 0.222. The van der Waals surface area contributed by atoms with Gasteiger partial charge in [0, 0.05) is 12.1 Å². The molecular weight excluding hydrogens is 446 g/mol. The fourth-order valence-corrected chi connectivity index (χ4v) is 4.84. The monoisotopic (exact) mass is 473 g/mol. The van der Waals surface area contributed by atoms with E-state index in [9.17, 15) is 9.59 Å². The number of thioether (sulfide) groups is 1. The molecular formula is C27H27N3O3S. The number of hydrogen-bond donors (Lipinski definition) is 1. The van der Waals surface area contributed by atoms with Crippen LogP contribution < -0.4 is 15.6 Å². The minimum Gasteiger partial charge on any atom is -0.496 e. The lowest BCUT2D eigenvalue weighted by molar-refractivity contribution is -0.120. The summed E-state index contributed by atoms with van der Waals surface area (Å²) < 4.78 is 6.98. The molecule has 1 heterocycles. The second kappa shape index (κ2) is 10.1. The van der Waals surface area contributed by atoms with E-state index in [0.29, 0.717) is 22.6 Å². The molecule has 0 fully saturated rings. The Balaban J connectivity index is 1.66. The molecule has 0 bridgehead atoms. The van der Waals surface area contributed by atoms with Crippen LogP contribution in [0.25, 0.3) is 16.6 Å². The summed E-state index contributed by atoms with van der Waals surface area (Å²) in [5, 5.41) is 3.52. The van der Waals surface area contributed by atoms with Gasteiger partial charge in [0.2, 0.25) is 5.91 Å². The number of methoxy groups -OCH3 is 1. The Morgan fingerprint density at radius 2 is 1.74 bits per heavy atom. The van der Waals surface area contributed by atoms with E-state index in [4.69, 9.17) is 9.72 Å². The third kappa shape index (κ3) is 4.99. The summed E-state index contributed by atoms with van der Waals surface area (Å²) in [6.45, 7) is 6.16. The Labute approximate surface area is 203 Å². The van der Waals surface area contributed by atoms with Crippen LogP contribution in [0.3, 0.4) is 0 Å². The van der Waals surface area contributed by atoms with Crippen molar-refractivity contribution in [3.8, 4) is 11.4 Å². The van der Waals surface area contributed by atoms with Gasteiger partial charge in [0.05, 0.1) is 29.0 Å². The van der Waals surface area contributed by atoms with Crippen LogP contribution >= 0.6 is 11.8 Å². The number of nitrogens with zero attached hydrogens (tertiary/aromatic N) is 2. The van der Waals surface area contributed by atoms with Gasteiger partial charge in [-0.25, -0.2) is 4.98 Å². The van der Waals surface area contributed by atoms with E-state index in [1.807, 2.05) is 75.4 Å². The Morgan fingerprint density at radius 1 is 1.06 bits per heavy atom. The molecule has 0 spiro atoms. The van der Waals surface area contributed by atoms with Crippen molar-refractivity contribution in [2.75, 3.05) is 7.11 Å². The number of benzene rings is 3. The molecule has 1 atom stereocenters. The summed E-state index contributed by atoms with van der Waals surface area (Å²) in [4.78, 5) is 31.2. The Bertz CT molecular complexity index is 1390. The zero-order valence-electron chi connectivity index (χ0n) is 19.7. The summed E-state index contributed by atoms with van der Waals surface area (Å²) in [6.07, 6.45) is 0. The number of amides is 1. The van der Waals surface area contributed by atoms with Crippen LogP contribution in [0.15, 0.2) is 76.7 Å². The normalized spacial score (nSPS) is 11.9. The Morgan fingerprint density at radius 3 is 2.47 bits per heavy atom. The maximum Gasteiger partial charge on any atom is 0.266 e. The van der Waals surface area contributed by atoms with Crippen molar-refractivity contribution < 1.29 is 9.53 Å². The Kier molecular flexibility index (Phi) is 7.03. The highest BCUT2D eigenvalue weighted by atomic mass is 32.2. The fourth-order valence-electron chi connectivity index (χ4n) is 3.89. The number of carbonyl (C=O) groups excluding carboxylic acids is 1. The van der Waals surface area contributed by atoms with E-state index in [-0.39, 0.29) is 11.5 Å². The molecule has 34 heavy (non-hydrogen) atoms. The van der Waals surface area contributed by atoms with E-state index in [1.165, 1.54) is 11.8 Å². The first-order valence-corrected chi connectivity index (χ1v) is 11.9. The summed E-state index contributed by atoms with van der Waals surface area (Å²) >= 11 is 1.27. The lowest BCUT2D eigenvalue weighted by atomic mass is 10.1. The molecule has 0 saturated heterocycles. The van der Waals surface area contributed by atoms with Crippen molar-refractivity contribution >= 4 is 28.6 Å². The molecule has 0 aliphatic carbocycles. The second-order valence-electron chi connectivity index (χ2n) is 8.19. The highest BCUT2D eigenvalue weighted by Crippen LogP contribution is 2.26. The maximum absolute atomic E-state index is 13.5. The summed E-state index contributed by atoms with van der Waals surface area (Å²) in [5.74, 6) is 0.577. The van der Waals surface area contributed by atoms with E-state index in [0.717, 1.165) is 28.1 Å². The predicted octanol–water partition coefficient (Wildman–Crippen LogP) is 4.81. The number of nitrogens with one attached hydrogen (secondary N) is 1. The van der Waals surface area contributed by atoms with Crippen molar-refractivity contribution in [3.63, 3.8) is 0 Å². The molecule has 1 amide bonds. The van der Waals surface area contributed by atoms with Gasteiger partial charge in [-0.05, 0) is 62.2 Å². The van der Waals surface area contributed by atoms with Crippen LogP contribution in [-0.4, -0.2) is 27.8 Å². The average molecular weight is 474 g/mol. The smallest absolute Gasteiger partial charge is 0.266 e. The van der Waals surface area contributed by atoms with E-state index >= 15 is 0 Å². The Hall–Kier alpha value is -3.58. The minimum absolute atomic E-state index is 0.148. The van der Waals surface area contributed by atoms with Crippen LogP contribution in [0.4, 0.5) is 0 Å². The topological polar surface area (TPSA) is 73.2 Å². The number of aryl methyl sites for hydroxylation is 2. The van der Waals surface area contributed by atoms with Crippen LogP contribution in [0.5, 0.6) is 5.75 Å². The van der Waals surface area contributed by atoms with E-state index in [2.05, 4.69) is 11.4 Å². The molecule has 6 nitrogen and oxygen atoms in total. The van der Waals surface area contributed by atoms with Crippen LogP contribution in [0.1, 0.15) is 23.6 Å². The third-order valence-electron chi connectivity index (χ3n) is 5.51. The van der Waals surface area contributed by atoms with E-state index in [1.54, 1.807) is 17.7 Å². The van der Waals surface area contributed by atoms with Crippen LogP contribution in [0.2, 0.25) is 0 Å². The summed E-state index contributed by atoms with van der Waals surface area (Å²) in [7, 11) is 1.61. The van der Waals surface area contributed by atoms with Crippen molar-refractivity contribution in [1.29, 1.82) is 0 Å². The molecule has 0 saturated carbocycles. The number of ether oxygens (including phenoxy) is 1. The lowest BCUT2D eigenvalue weighted by Crippen LogP contribution is -2.31. The highest BCUT2D eigenvalue weighted by molar-refractivity contribution is 8.00. The second-order valence-corrected chi connectivity index (χ2v) is 9.50. The molecule has 174 valence electrons. The quantitative estimate of drug-likeness (QED) is 0.308. The summed E-state index contributed by atoms with van der Waals surface area (Å²) in [6, 6.07) is 20.8. The molecule has 0 aliphatic rings. The largest absolute Gasteiger partial charge is 0.496 e. The highest BCUT2D eigenvalue weighted by Gasteiger charge is 2.21. The number of hydrogen-bond acceptors (Lipinski definition) is 5. The number of para-hydroxylation sites is 2. The van der Waals surface area contributed by atoms with Gasteiger partial charge >= 0.3 is 0 Å². The first kappa shape index (κ1) is 23.6. The number of carbonyl (C=O) groups is 1.